The van der Waals surface area contributed by atoms with E-state index in [9.17, 15) is 9.59 Å². The van der Waals surface area contributed by atoms with E-state index in [4.69, 9.17) is 4.74 Å². The molecule has 0 spiro atoms. The number of Topliss-reactive ketones (excluding diaryl/α,β-unsaturated/α-hetero) is 1. The van der Waals surface area contributed by atoms with Gasteiger partial charge < -0.3 is 15.0 Å². The zero-order valence-electron chi connectivity index (χ0n) is 19.9. The maximum absolute atomic E-state index is 13.7. The standard InChI is InChI=1S/C29H32N2O3/c1-29(2)17-23-27(25(32)18-29)28(20-11-5-3-6-12-20)31(24-16-10-9-15-22(24)30-23)19-26(33)34-21-13-7-4-8-14-21/h3-5,7-10,13-16,20,28,30H,6,11-12,17-19H2,1-2H3/t20-,28-/m1/s1. The van der Waals surface area contributed by atoms with Gasteiger partial charge in [0.1, 0.15) is 12.3 Å². The fourth-order valence-electron chi connectivity index (χ4n) is 5.66. The summed E-state index contributed by atoms with van der Waals surface area (Å²) in [6.45, 7) is 4.38. The van der Waals surface area contributed by atoms with Crippen molar-refractivity contribution in [3.8, 4) is 5.75 Å². The minimum Gasteiger partial charge on any atom is -0.425 e. The molecule has 0 fully saturated rings. The van der Waals surface area contributed by atoms with Crippen molar-refractivity contribution in [2.75, 3.05) is 16.8 Å². The Kier molecular flexibility index (Phi) is 6.03. The Bertz CT molecular complexity index is 1150. The molecule has 2 aromatic carbocycles. The first-order valence-electron chi connectivity index (χ1n) is 12.2. The summed E-state index contributed by atoms with van der Waals surface area (Å²) in [5, 5.41) is 3.62. The van der Waals surface area contributed by atoms with E-state index in [-0.39, 0.29) is 35.7 Å². The lowest BCUT2D eigenvalue weighted by molar-refractivity contribution is -0.133. The molecular weight excluding hydrogens is 424 g/mol. The Morgan fingerprint density at radius 3 is 2.59 bits per heavy atom. The van der Waals surface area contributed by atoms with Crippen LogP contribution >= 0.6 is 0 Å². The molecule has 1 N–H and O–H groups in total. The number of para-hydroxylation sites is 3. The molecule has 0 saturated carbocycles. The van der Waals surface area contributed by atoms with Crippen LogP contribution in [0.1, 0.15) is 46.0 Å². The van der Waals surface area contributed by atoms with Crippen LogP contribution in [0.2, 0.25) is 0 Å². The summed E-state index contributed by atoms with van der Waals surface area (Å²) in [6.07, 6.45) is 8.63. The first-order chi connectivity index (χ1) is 16.4. The van der Waals surface area contributed by atoms with E-state index in [0.717, 1.165) is 48.3 Å². The number of carbonyl (C=O) groups excluding carboxylic acids is 2. The molecule has 3 aliphatic rings. The number of hydrogen-bond acceptors (Lipinski definition) is 5. The van der Waals surface area contributed by atoms with Crippen molar-refractivity contribution >= 4 is 23.1 Å². The topological polar surface area (TPSA) is 58.6 Å². The van der Waals surface area contributed by atoms with Crippen LogP contribution in [0.5, 0.6) is 5.75 Å². The second-order valence-electron chi connectivity index (χ2n) is 10.4. The van der Waals surface area contributed by atoms with Crippen molar-refractivity contribution in [2.24, 2.45) is 11.3 Å². The lowest BCUT2D eigenvalue weighted by Gasteiger charge is -2.41. The van der Waals surface area contributed by atoms with E-state index in [0.29, 0.717) is 12.2 Å². The third-order valence-corrected chi connectivity index (χ3v) is 7.08. The van der Waals surface area contributed by atoms with E-state index in [1.54, 1.807) is 12.1 Å². The summed E-state index contributed by atoms with van der Waals surface area (Å²) in [5.74, 6) is 0.636. The average Bonchev–Trinajstić information content (AvgIpc) is 2.94. The van der Waals surface area contributed by atoms with Gasteiger partial charge in [0.25, 0.3) is 0 Å². The molecule has 0 unspecified atom stereocenters. The molecule has 176 valence electrons. The lowest BCUT2D eigenvalue weighted by atomic mass is 9.71. The van der Waals surface area contributed by atoms with Crippen LogP contribution in [0.15, 0.2) is 78.0 Å². The minimum absolute atomic E-state index is 0.0753. The van der Waals surface area contributed by atoms with E-state index < -0.39 is 0 Å². The SMILES string of the molecule is CC1(C)CC(=O)C2=C(C1)Nc1ccccc1N(CC(=O)Oc1ccccc1)[C@@H]2[C@@H]1CC=CCC1. The monoisotopic (exact) mass is 456 g/mol. The molecule has 0 saturated heterocycles. The second-order valence-corrected chi connectivity index (χ2v) is 10.4. The van der Waals surface area contributed by atoms with Gasteiger partial charge in [-0.2, -0.15) is 0 Å². The van der Waals surface area contributed by atoms with Crippen LogP contribution in [0.4, 0.5) is 11.4 Å². The molecule has 1 heterocycles. The second kappa shape index (κ2) is 9.13. The van der Waals surface area contributed by atoms with Crippen LogP contribution < -0.4 is 15.0 Å². The summed E-state index contributed by atoms with van der Waals surface area (Å²) in [7, 11) is 0. The van der Waals surface area contributed by atoms with Crippen LogP contribution in [0.3, 0.4) is 0 Å². The molecule has 2 aliphatic carbocycles. The number of benzene rings is 2. The summed E-state index contributed by atoms with van der Waals surface area (Å²) in [5.41, 5.74) is 3.63. The number of fused-ring (bicyclic) bond motifs is 1. The van der Waals surface area contributed by atoms with Crippen LogP contribution in [-0.4, -0.2) is 24.3 Å². The van der Waals surface area contributed by atoms with E-state index in [1.165, 1.54) is 0 Å². The highest BCUT2D eigenvalue weighted by atomic mass is 16.5. The van der Waals surface area contributed by atoms with Crippen molar-refractivity contribution < 1.29 is 14.3 Å². The first kappa shape index (κ1) is 22.5. The highest BCUT2D eigenvalue weighted by molar-refractivity contribution is 6.01. The number of ether oxygens (including phenoxy) is 1. The molecule has 2 atom stereocenters. The third-order valence-electron chi connectivity index (χ3n) is 7.08. The van der Waals surface area contributed by atoms with Crippen molar-refractivity contribution in [1.29, 1.82) is 0 Å². The van der Waals surface area contributed by atoms with Gasteiger partial charge >= 0.3 is 5.97 Å². The zero-order chi connectivity index (χ0) is 23.7. The summed E-state index contributed by atoms with van der Waals surface area (Å²) in [4.78, 5) is 29.0. The zero-order valence-corrected chi connectivity index (χ0v) is 19.9. The Morgan fingerprint density at radius 2 is 1.82 bits per heavy atom. The van der Waals surface area contributed by atoms with Gasteiger partial charge in [-0.1, -0.05) is 56.3 Å². The predicted octanol–water partition coefficient (Wildman–Crippen LogP) is 5.89. The van der Waals surface area contributed by atoms with Gasteiger partial charge in [-0.3, -0.25) is 4.79 Å². The number of hydrogen-bond donors (Lipinski definition) is 1. The molecule has 0 radical (unpaired) electrons. The molecule has 1 aliphatic heterocycles. The Hall–Kier alpha value is -3.34. The number of rotatable bonds is 4. The number of nitrogens with zero attached hydrogens (tertiary/aromatic N) is 1. The Labute approximate surface area is 201 Å². The number of anilines is 2. The minimum atomic E-state index is -0.329. The fraction of sp³-hybridized carbons (Fsp3) is 0.379. The molecule has 34 heavy (non-hydrogen) atoms. The quantitative estimate of drug-likeness (QED) is 0.353. The smallest absolute Gasteiger partial charge is 0.330 e. The number of ketones is 1. The largest absolute Gasteiger partial charge is 0.425 e. The van der Waals surface area contributed by atoms with Gasteiger partial charge in [-0.15, -0.1) is 0 Å². The molecule has 5 rings (SSSR count). The molecular formula is C29H32N2O3. The Balaban J connectivity index is 1.59. The molecule has 0 bridgehead atoms. The maximum Gasteiger partial charge on any atom is 0.330 e. The molecule has 5 heteroatoms. The van der Waals surface area contributed by atoms with Crippen LogP contribution in [0.25, 0.3) is 0 Å². The maximum atomic E-state index is 13.7. The number of allylic oxidation sites excluding steroid dienone is 3. The highest BCUT2D eigenvalue weighted by Crippen LogP contribution is 2.46. The van der Waals surface area contributed by atoms with Crippen molar-refractivity contribution in [3.05, 3.63) is 78.0 Å². The van der Waals surface area contributed by atoms with E-state index in [1.807, 2.05) is 42.5 Å². The summed E-state index contributed by atoms with van der Waals surface area (Å²) >= 11 is 0. The van der Waals surface area contributed by atoms with Crippen molar-refractivity contribution in [1.82, 2.24) is 0 Å². The van der Waals surface area contributed by atoms with Gasteiger partial charge in [-0.05, 0) is 61.3 Å². The number of carbonyl (C=O) groups is 2. The highest BCUT2D eigenvalue weighted by Gasteiger charge is 2.44. The van der Waals surface area contributed by atoms with Gasteiger partial charge in [0.15, 0.2) is 5.78 Å². The molecule has 5 nitrogen and oxygen atoms in total. The summed E-state index contributed by atoms with van der Waals surface area (Å²) < 4.78 is 5.69. The van der Waals surface area contributed by atoms with Crippen LogP contribution in [0, 0.1) is 11.3 Å². The lowest BCUT2D eigenvalue weighted by Crippen LogP contribution is -2.48. The first-order valence-corrected chi connectivity index (χ1v) is 12.2. The van der Waals surface area contributed by atoms with Crippen molar-refractivity contribution in [3.63, 3.8) is 0 Å². The van der Waals surface area contributed by atoms with Crippen molar-refractivity contribution in [2.45, 2.75) is 52.0 Å². The normalized spacial score (nSPS) is 23.5. The summed E-state index contributed by atoms with van der Waals surface area (Å²) in [6, 6.07) is 17.0. The Morgan fingerprint density at radius 1 is 1.06 bits per heavy atom. The number of esters is 1. The number of nitrogens with one attached hydrogen (secondary N) is 1. The van der Waals surface area contributed by atoms with Crippen LogP contribution in [-0.2, 0) is 9.59 Å². The molecule has 0 amide bonds. The average molecular weight is 457 g/mol. The fourth-order valence-corrected chi connectivity index (χ4v) is 5.66. The van der Waals surface area contributed by atoms with E-state index in [2.05, 4.69) is 36.2 Å². The van der Waals surface area contributed by atoms with Gasteiger partial charge in [0.2, 0.25) is 0 Å². The predicted molar refractivity (Wildman–Crippen MR) is 135 cm³/mol. The molecule has 2 aromatic rings. The third kappa shape index (κ3) is 4.52. The molecule has 0 aromatic heterocycles. The van der Waals surface area contributed by atoms with Gasteiger partial charge in [0, 0.05) is 17.7 Å². The van der Waals surface area contributed by atoms with Gasteiger partial charge in [0.05, 0.1) is 17.4 Å². The van der Waals surface area contributed by atoms with Gasteiger partial charge in [-0.25, -0.2) is 4.79 Å². The van der Waals surface area contributed by atoms with E-state index >= 15 is 0 Å².